The van der Waals surface area contributed by atoms with Crippen molar-refractivity contribution in [2.24, 2.45) is 17.8 Å². The molecule has 1 saturated heterocycles. The molecule has 0 saturated carbocycles. The van der Waals surface area contributed by atoms with Crippen LogP contribution in [-0.4, -0.2) is 42.5 Å². The van der Waals surface area contributed by atoms with Crippen molar-refractivity contribution in [3.8, 4) is 0 Å². The fourth-order valence-electron chi connectivity index (χ4n) is 2.94. The van der Waals surface area contributed by atoms with E-state index in [4.69, 9.17) is 0 Å². The summed E-state index contributed by atoms with van der Waals surface area (Å²) in [6.45, 7) is 19.3. The first-order valence-corrected chi connectivity index (χ1v) is 7.13. The van der Waals surface area contributed by atoms with Crippen molar-refractivity contribution < 1.29 is 0 Å². The van der Waals surface area contributed by atoms with E-state index in [-0.39, 0.29) is 0 Å². The summed E-state index contributed by atoms with van der Waals surface area (Å²) in [6, 6.07) is 0. The smallest absolute Gasteiger partial charge is 0.0300 e. The summed E-state index contributed by atoms with van der Waals surface area (Å²) in [5.74, 6) is 2.49. The van der Waals surface area contributed by atoms with Gasteiger partial charge >= 0.3 is 0 Å². The van der Waals surface area contributed by atoms with Gasteiger partial charge in [0.2, 0.25) is 0 Å². The van der Waals surface area contributed by atoms with Crippen molar-refractivity contribution >= 4 is 0 Å². The quantitative estimate of drug-likeness (QED) is 0.702. The highest BCUT2D eigenvalue weighted by Gasteiger charge is 2.20. The van der Waals surface area contributed by atoms with Gasteiger partial charge < -0.3 is 4.90 Å². The Morgan fingerprint density at radius 3 is 1.94 bits per heavy atom. The minimum atomic E-state index is 0.810. The molecule has 2 nitrogen and oxygen atoms in total. The predicted octanol–water partition coefficient (Wildman–Crippen LogP) is 3.07. The lowest BCUT2D eigenvalue weighted by Crippen LogP contribution is -2.44. The van der Waals surface area contributed by atoms with Crippen molar-refractivity contribution in [3.63, 3.8) is 0 Å². The summed E-state index contributed by atoms with van der Waals surface area (Å²) in [5.41, 5.74) is 0. The fourth-order valence-corrected chi connectivity index (χ4v) is 2.94. The van der Waals surface area contributed by atoms with Gasteiger partial charge in [-0.05, 0) is 36.9 Å². The topological polar surface area (TPSA) is 6.48 Å². The molecule has 0 aliphatic carbocycles. The lowest BCUT2D eigenvalue weighted by Gasteiger charge is -2.35. The molecule has 1 aliphatic heterocycles. The molecule has 2 heteroatoms. The summed E-state index contributed by atoms with van der Waals surface area (Å²) >= 11 is 0. The van der Waals surface area contributed by atoms with Crippen LogP contribution in [0.5, 0.6) is 0 Å². The summed E-state index contributed by atoms with van der Waals surface area (Å²) in [4.78, 5) is 4.93. The molecule has 1 fully saturated rings. The number of hydrogen-bond donors (Lipinski definition) is 0. The van der Waals surface area contributed by atoms with Gasteiger partial charge in [-0.15, -0.1) is 0 Å². The SMILES string of the molecule is C=CN1CCN(CCC(C(C)C)C(C)C)CC1. The van der Waals surface area contributed by atoms with Gasteiger partial charge in [-0.3, -0.25) is 4.90 Å². The van der Waals surface area contributed by atoms with E-state index in [2.05, 4.69) is 44.1 Å². The van der Waals surface area contributed by atoms with E-state index in [0.717, 1.165) is 30.8 Å². The molecule has 0 aromatic heterocycles. The molecule has 1 heterocycles. The minimum absolute atomic E-state index is 0.810. The van der Waals surface area contributed by atoms with Crippen LogP contribution in [0.1, 0.15) is 34.1 Å². The van der Waals surface area contributed by atoms with E-state index in [1.807, 2.05) is 6.20 Å². The second-order valence-corrected chi connectivity index (χ2v) is 6.00. The Balaban J connectivity index is 2.28. The maximum atomic E-state index is 3.84. The molecule has 1 aliphatic rings. The van der Waals surface area contributed by atoms with Gasteiger partial charge in [0.25, 0.3) is 0 Å². The normalized spacial score (nSPS) is 18.4. The molecule has 0 aromatic rings. The zero-order valence-corrected chi connectivity index (χ0v) is 12.2. The van der Waals surface area contributed by atoms with Gasteiger partial charge in [0.15, 0.2) is 0 Å². The zero-order valence-electron chi connectivity index (χ0n) is 12.2. The Kier molecular flexibility index (Phi) is 6.04. The summed E-state index contributed by atoms with van der Waals surface area (Å²) in [6.07, 6.45) is 3.33. The summed E-state index contributed by atoms with van der Waals surface area (Å²) in [7, 11) is 0. The van der Waals surface area contributed by atoms with Crippen LogP contribution in [0.15, 0.2) is 12.8 Å². The van der Waals surface area contributed by atoms with Crippen LogP contribution in [0, 0.1) is 17.8 Å². The van der Waals surface area contributed by atoms with Crippen molar-refractivity contribution in [2.45, 2.75) is 34.1 Å². The zero-order chi connectivity index (χ0) is 12.8. The maximum absolute atomic E-state index is 3.84. The van der Waals surface area contributed by atoms with Crippen molar-refractivity contribution in [2.75, 3.05) is 32.7 Å². The van der Waals surface area contributed by atoms with Crippen LogP contribution in [0.3, 0.4) is 0 Å². The van der Waals surface area contributed by atoms with Crippen LogP contribution < -0.4 is 0 Å². The molecule has 17 heavy (non-hydrogen) atoms. The average Bonchev–Trinajstić information content (AvgIpc) is 2.29. The van der Waals surface area contributed by atoms with Gasteiger partial charge in [0.1, 0.15) is 0 Å². The molecule has 0 N–H and O–H groups in total. The van der Waals surface area contributed by atoms with Crippen LogP contribution in [-0.2, 0) is 0 Å². The molecular formula is C15H30N2. The lowest BCUT2D eigenvalue weighted by molar-refractivity contribution is 0.145. The molecule has 0 unspecified atom stereocenters. The Morgan fingerprint density at radius 2 is 1.53 bits per heavy atom. The van der Waals surface area contributed by atoms with Gasteiger partial charge in [0, 0.05) is 26.2 Å². The average molecular weight is 238 g/mol. The molecule has 0 bridgehead atoms. The van der Waals surface area contributed by atoms with Gasteiger partial charge in [-0.25, -0.2) is 0 Å². The molecule has 0 amide bonds. The predicted molar refractivity (Wildman–Crippen MR) is 76.0 cm³/mol. The Morgan fingerprint density at radius 1 is 1.00 bits per heavy atom. The number of rotatable bonds is 6. The van der Waals surface area contributed by atoms with E-state index in [1.54, 1.807) is 0 Å². The molecule has 0 aromatic carbocycles. The van der Waals surface area contributed by atoms with Crippen LogP contribution in [0.25, 0.3) is 0 Å². The number of nitrogens with zero attached hydrogens (tertiary/aromatic N) is 2. The largest absolute Gasteiger partial charge is 0.375 e. The molecule has 0 radical (unpaired) electrons. The molecule has 100 valence electrons. The highest BCUT2D eigenvalue weighted by molar-refractivity contribution is 4.79. The van der Waals surface area contributed by atoms with Gasteiger partial charge in [-0.1, -0.05) is 34.3 Å². The van der Waals surface area contributed by atoms with Crippen molar-refractivity contribution in [3.05, 3.63) is 12.8 Å². The van der Waals surface area contributed by atoms with E-state index < -0.39 is 0 Å². The number of piperazine rings is 1. The first-order chi connectivity index (χ1) is 8.04. The Labute approximate surface area is 108 Å². The van der Waals surface area contributed by atoms with Gasteiger partial charge in [-0.2, -0.15) is 0 Å². The van der Waals surface area contributed by atoms with Crippen molar-refractivity contribution in [1.82, 2.24) is 9.80 Å². The Bertz CT molecular complexity index is 207. The van der Waals surface area contributed by atoms with E-state index in [1.165, 1.54) is 26.1 Å². The van der Waals surface area contributed by atoms with E-state index in [0.29, 0.717) is 0 Å². The standard InChI is InChI=1S/C15H30N2/c1-6-16-9-11-17(12-10-16)8-7-15(13(2)3)14(4)5/h6,13-15H,1,7-12H2,2-5H3. The van der Waals surface area contributed by atoms with E-state index in [9.17, 15) is 0 Å². The fraction of sp³-hybridized carbons (Fsp3) is 0.867. The number of hydrogen-bond acceptors (Lipinski definition) is 2. The second kappa shape index (κ2) is 7.05. The van der Waals surface area contributed by atoms with Crippen LogP contribution in [0.4, 0.5) is 0 Å². The lowest BCUT2D eigenvalue weighted by atomic mass is 9.83. The van der Waals surface area contributed by atoms with E-state index >= 15 is 0 Å². The summed E-state index contributed by atoms with van der Waals surface area (Å²) in [5, 5.41) is 0. The maximum Gasteiger partial charge on any atom is 0.0300 e. The van der Waals surface area contributed by atoms with Crippen LogP contribution >= 0.6 is 0 Å². The third-order valence-electron chi connectivity index (χ3n) is 4.16. The van der Waals surface area contributed by atoms with Gasteiger partial charge in [0.05, 0.1) is 0 Å². The third-order valence-corrected chi connectivity index (χ3v) is 4.16. The minimum Gasteiger partial charge on any atom is -0.375 e. The molecular weight excluding hydrogens is 208 g/mol. The molecule has 1 rings (SSSR count). The molecule has 0 atom stereocenters. The monoisotopic (exact) mass is 238 g/mol. The first-order valence-electron chi connectivity index (χ1n) is 7.13. The second-order valence-electron chi connectivity index (χ2n) is 6.00. The third kappa shape index (κ3) is 4.71. The highest BCUT2D eigenvalue weighted by atomic mass is 15.2. The summed E-state index contributed by atoms with van der Waals surface area (Å²) < 4.78 is 0. The van der Waals surface area contributed by atoms with Crippen molar-refractivity contribution in [1.29, 1.82) is 0 Å². The van der Waals surface area contributed by atoms with Crippen LogP contribution in [0.2, 0.25) is 0 Å². The molecule has 0 spiro atoms. The Hall–Kier alpha value is -0.500. The first kappa shape index (κ1) is 14.6. The highest BCUT2D eigenvalue weighted by Crippen LogP contribution is 2.24.